The predicted octanol–water partition coefficient (Wildman–Crippen LogP) is 2.80. The molecule has 0 amide bonds. The summed E-state index contributed by atoms with van der Waals surface area (Å²) in [5.41, 5.74) is 7.45. The fourth-order valence-corrected chi connectivity index (χ4v) is 1.84. The third kappa shape index (κ3) is 4.65. The second kappa shape index (κ2) is 7.58. The van der Waals surface area contributed by atoms with Crippen molar-refractivity contribution in [1.29, 1.82) is 0 Å². The maximum absolute atomic E-state index is 11.5. The first-order chi connectivity index (χ1) is 8.67. The van der Waals surface area contributed by atoms with Gasteiger partial charge >= 0.3 is 5.97 Å². The summed E-state index contributed by atoms with van der Waals surface area (Å²) < 4.78 is 4.98. The molecule has 0 aliphatic heterocycles. The highest BCUT2D eigenvalue weighted by atomic mass is 16.5. The van der Waals surface area contributed by atoms with Crippen molar-refractivity contribution in [3.8, 4) is 0 Å². The number of carbonyl (C=O) groups excluding carboxylic acids is 1. The van der Waals surface area contributed by atoms with Crippen LogP contribution < -0.4 is 11.1 Å². The van der Waals surface area contributed by atoms with Crippen LogP contribution in [0.5, 0.6) is 0 Å². The van der Waals surface area contributed by atoms with Crippen LogP contribution in [0.15, 0.2) is 24.3 Å². The van der Waals surface area contributed by atoms with Gasteiger partial charge in [0, 0.05) is 6.04 Å². The third-order valence-electron chi connectivity index (χ3n) is 2.68. The third-order valence-corrected chi connectivity index (χ3v) is 2.68. The first-order valence-electron chi connectivity index (χ1n) is 6.44. The quantitative estimate of drug-likeness (QED) is 0.577. The van der Waals surface area contributed by atoms with Crippen molar-refractivity contribution >= 4 is 17.3 Å². The number of esters is 1. The number of para-hydroxylation sites is 2. The zero-order valence-corrected chi connectivity index (χ0v) is 11.1. The van der Waals surface area contributed by atoms with Crippen molar-refractivity contribution in [3.05, 3.63) is 24.3 Å². The molecule has 0 heterocycles. The number of hydrogen-bond acceptors (Lipinski definition) is 4. The molecule has 0 aromatic heterocycles. The molecular formula is C14H22N2O2. The number of hydrogen-bond donors (Lipinski definition) is 2. The van der Waals surface area contributed by atoms with Gasteiger partial charge in [-0.25, -0.2) is 0 Å². The van der Waals surface area contributed by atoms with Gasteiger partial charge in [-0.1, -0.05) is 25.5 Å². The van der Waals surface area contributed by atoms with Gasteiger partial charge < -0.3 is 15.8 Å². The molecule has 0 radical (unpaired) electrons. The van der Waals surface area contributed by atoms with Crippen LogP contribution in [0.4, 0.5) is 11.4 Å². The lowest BCUT2D eigenvalue weighted by molar-refractivity contribution is -0.143. The van der Waals surface area contributed by atoms with Gasteiger partial charge in [0.2, 0.25) is 0 Å². The van der Waals surface area contributed by atoms with Gasteiger partial charge in [0.15, 0.2) is 0 Å². The molecule has 100 valence electrons. The molecule has 4 heteroatoms. The molecule has 18 heavy (non-hydrogen) atoms. The maximum atomic E-state index is 11.5. The lowest BCUT2D eigenvalue weighted by atomic mass is 10.1. The zero-order chi connectivity index (χ0) is 13.4. The lowest BCUT2D eigenvalue weighted by Gasteiger charge is -2.19. The van der Waals surface area contributed by atoms with E-state index in [1.54, 1.807) is 0 Å². The number of carbonyl (C=O) groups is 1. The number of ether oxygens (including phenoxy) is 1. The highest BCUT2D eigenvalue weighted by Crippen LogP contribution is 2.20. The van der Waals surface area contributed by atoms with Gasteiger partial charge in [0.25, 0.3) is 0 Å². The van der Waals surface area contributed by atoms with Crippen LogP contribution in [0.2, 0.25) is 0 Å². The van der Waals surface area contributed by atoms with E-state index in [2.05, 4.69) is 12.2 Å². The van der Waals surface area contributed by atoms with Gasteiger partial charge in [-0.2, -0.15) is 0 Å². The first kappa shape index (κ1) is 14.4. The lowest BCUT2D eigenvalue weighted by Crippen LogP contribution is -2.24. The van der Waals surface area contributed by atoms with Gasteiger partial charge in [0.1, 0.15) is 0 Å². The highest BCUT2D eigenvalue weighted by molar-refractivity contribution is 5.72. The molecule has 0 bridgehead atoms. The Morgan fingerprint density at radius 2 is 2.11 bits per heavy atom. The van der Waals surface area contributed by atoms with Crippen LogP contribution >= 0.6 is 0 Å². The Hall–Kier alpha value is -1.71. The van der Waals surface area contributed by atoms with E-state index in [-0.39, 0.29) is 12.0 Å². The fraction of sp³-hybridized carbons (Fsp3) is 0.500. The van der Waals surface area contributed by atoms with Crippen LogP contribution in [0.1, 0.15) is 33.1 Å². The molecular weight excluding hydrogens is 228 g/mol. The summed E-state index contributed by atoms with van der Waals surface area (Å²) in [7, 11) is 0. The van der Waals surface area contributed by atoms with Crippen LogP contribution in [0.25, 0.3) is 0 Å². The minimum Gasteiger partial charge on any atom is -0.466 e. The topological polar surface area (TPSA) is 64.3 Å². The monoisotopic (exact) mass is 250 g/mol. The molecule has 0 saturated heterocycles. The number of anilines is 2. The Balaban J connectivity index is 2.62. The Labute approximate surface area is 109 Å². The second-order valence-electron chi connectivity index (χ2n) is 4.23. The predicted molar refractivity (Wildman–Crippen MR) is 74.4 cm³/mol. The van der Waals surface area contributed by atoms with E-state index in [1.165, 1.54) is 0 Å². The molecule has 1 aromatic carbocycles. The minimum absolute atomic E-state index is 0.0683. The Kier molecular flexibility index (Phi) is 6.05. The normalized spacial score (nSPS) is 11.9. The average molecular weight is 250 g/mol. The number of nitrogens with two attached hydrogens (primary N) is 1. The SMILES string of the molecule is CCC[C@@H](CC(=O)OCC)Nc1ccccc1N. The van der Waals surface area contributed by atoms with Crippen molar-refractivity contribution < 1.29 is 9.53 Å². The summed E-state index contributed by atoms with van der Waals surface area (Å²) in [5.74, 6) is -0.169. The summed E-state index contributed by atoms with van der Waals surface area (Å²) in [4.78, 5) is 11.5. The molecule has 0 aliphatic rings. The standard InChI is InChI=1S/C14H22N2O2/c1-3-7-11(10-14(17)18-4-2)16-13-9-6-5-8-12(13)15/h5-6,8-9,11,16H,3-4,7,10,15H2,1-2H3/t11-/m0/s1. The Morgan fingerprint density at radius 3 is 2.72 bits per heavy atom. The van der Waals surface area contributed by atoms with E-state index < -0.39 is 0 Å². The van der Waals surface area contributed by atoms with Crippen LogP contribution in [0, 0.1) is 0 Å². The fourth-order valence-electron chi connectivity index (χ4n) is 1.84. The molecule has 1 rings (SSSR count). The molecule has 3 N–H and O–H groups in total. The van der Waals surface area contributed by atoms with Crippen molar-refractivity contribution in [3.63, 3.8) is 0 Å². The van der Waals surface area contributed by atoms with E-state index in [9.17, 15) is 4.79 Å². The van der Waals surface area contributed by atoms with E-state index in [4.69, 9.17) is 10.5 Å². The molecule has 0 spiro atoms. The van der Waals surface area contributed by atoms with Crippen molar-refractivity contribution in [1.82, 2.24) is 0 Å². The number of nitrogen functional groups attached to an aromatic ring is 1. The van der Waals surface area contributed by atoms with Gasteiger partial charge in [-0.3, -0.25) is 4.79 Å². The van der Waals surface area contributed by atoms with Gasteiger partial charge in [-0.05, 0) is 25.5 Å². The van der Waals surface area contributed by atoms with Crippen molar-refractivity contribution in [2.24, 2.45) is 0 Å². The van der Waals surface area contributed by atoms with Crippen LogP contribution in [-0.2, 0) is 9.53 Å². The van der Waals surface area contributed by atoms with Crippen molar-refractivity contribution in [2.45, 2.75) is 39.2 Å². The number of rotatable bonds is 7. The Bertz CT molecular complexity index is 380. The van der Waals surface area contributed by atoms with E-state index in [1.807, 2.05) is 31.2 Å². The van der Waals surface area contributed by atoms with E-state index >= 15 is 0 Å². The largest absolute Gasteiger partial charge is 0.466 e. The first-order valence-corrected chi connectivity index (χ1v) is 6.44. The molecule has 1 aromatic rings. The molecule has 0 saturated carbocycles. The average Bonchev–Trinajstić information content (AvgIpc) is 2.32. The molecule has 0 fully saturated rings. The van der Waals surface area contributed by atoms with Crippen LogP contribution in [0.3, 0.4) is 0 Å². The van der Waals surface area contributed by atoms with E-state index in [0.717, 1.165) is 18.5 Å². The summed E-state index contributed by atoms with van der Waals surface area (Å²) in [6.45, 7) is 4.33. The van der Waals surface area contributed by atoms with Gasteiger partial charge in [-0.15, -0.1) is 0 Å². The molecule has 0 unspecified atom stereocenters. The Morgan fingerprint density at radius 1 is 1.39 bits per heavy atom. The summed E-state index contributed by atoms with van der Waals surface area (Å²) >= 11 is 0. The van der Waals surface area contributed by atoms with Crippen LogP contribution in [-0.4, -0.2) is 18.6 Å². The zero-order valence-electron chi connectivity index (χ0n) is 11.1. The summed E-state index contributed by atoms with van der Waals surface area (Å²) in [6, 6.07) is 7.64. The number of benzene rings is 1. The number of nitrogens with one attached hydrogen (secondary N) is 1. The summed E-state index contributed by atoms with van der Waals surface area (Å²) in [5, 5.41) is 3.31. The second-order valence-corrected chi connectivity index (χ2v) is 4.23. The minimum atomic E-state index is -0.169. The highest BCUT2D eigenvalue weighted by Gasteiger charge is 2.14. The summed E-state index contributed by atoms with van der Waals surface area (Å²) in [6.07, 6.45) is 2.28. The smallest absolute Gasteiger partial charge is 0.307 e. The maximum Gasteiger partial charge on any atom is 0.307 e. The molecule has 0 aliphatic carbocycles. The molecule has 4 nitrogen and oxygen atoms in total. The van der Waals surface area contributed by atoms with Crippen molar-refractivity contribution in [2.75, 3.05) is 17.7 Å². The van der Waals surface area contributed by atoms with E-state index in [0.29, 0.717) is 18.7 Å². The van der Waals surface area contributed by atoms with Gasteiger partial charge in [0.05, 0.1) is 24.4 Å². The molecule has 1 atom stereocenters.